The van der Waals surface area contributed by atoms with E-state index in [0.29, 0.717) is 25.8 Å². The molecular weight excluding hydrogens is 422 g/mol. The molecule has 2 aliphatic rings. The van der Waals surface area contributed by atoms with E-state index in [1.54, 1.807) is 0 Å². The van der Waals surface area contributed by atoms with Crippen molar-refractivity contribution in [3.05, 3.63) is 12.2 Å². The van der Waals surface area contributed by atoms with Crippen molar-refractivity contribution in [3.8, 4) is 0 Å². The van der Waals surface area contributed by atoms with Crippen LogP contribution in [-0.4, -0.2) is 68.1 Å². The van der Waals surface area contributed by atoms with Crippen molar-refractivity contribution in [3.63, 3.8) is 0 Å². The largest absolute Gasteiger partial charge is 0.368 e. The first kappa shape index (κ1) is 25.3. The number of rotatable bonds is 12. The molecule has 1 aliphatic heterocycles. The van der Waals surface area contributed by atoms with Crippen LogP contribution in [0.4, 0.5) is 0 Å². The van der Waals surface area contributed by atoms with Crippen LogP contribution in [0, 0.1) is 11.8 Å². The Morgan fingerprint density at radius 2 is 1.94 bits per heavy atom. The highest BCUT2D eigenvalue weighted by molar-refractivity contribution is 7.87. The maximum Gasteiger partial charge on any atom is 0.303 e. The lowest BCUT2D eigenvalue weighted by molar-refractivity contribution is -0.138. The Kier molecular flexibility index (Phi) is 9.01. The zero-order chi connectivity index (χ0) is 23.2. The molecule has 31 heavy (non-hydrogen) atoms. The lowest BCUT2D eigenvalue weighted by Crippen LogP contribution is -2.50. The maximum atomic E-state index is 12.4. The number of unbranched alkanes of at least 4 members (excludes halogenated alkanes) is 3. The van der Waals surface area contributed by atoms with Crippen molar-refractivity contribution >= 4 is 27.9 Å². The second-order valence-electron chi connectivity index (χ2n) is 8.52. The summed E-state index contributed by atoms with van der Waals surface area (Å²) in [7, 11) is -1.00. The first-order chi connectivity index (χ1) is 14.5. The van der Waals surface area contributed by atoms with Crippen molar-refractivity contribution < 1.29 is 22.8 Å². The van der Waals surface area contributed by atoms with E-state index >= 15 is 0 Å². The fraction of sp³-hybridized carbons (Fsp3) is 0.750. The minimum atomic E-state index is -3.74. The van der Waals surface area contributed by atoms with Crippen molar-refractivity contribution in [1.29, 1.82) is 0 Å². The highest BCUT2D eigenvalue weighted by Crippen LogP contribution is 2.40. The molecule has 0 unspecified atom stereocenters. The number of carbonyl (C=O) groups excluding carboxylic acids is 3. The molecule has 4 atom stereocenters. The van der Waals surface area contributed by atoms with Crippen LogP contribution in [0.1, 0.15) is 51.4 Å². The third-order valence-electron chi connectivity index (χ3n) is 5.84. The average molecular weight is 458 g/mol. The van der Waals surface area contributed by atoms with E-state index in [4.69, 9.17) is 11.5 Å². The fourth-order valence-electron chi connectivity index (χ4n) is 3.76. The number of likely N-dealkylation sites (tertiary alicyclic amines) is 1. The van der Waals surface area contributed by atoms with Crippen LogP contribution in [0.25, 0.3) is 0 Å². The second-order valence-corrected chi connectivity index (χ2v) is 10.4. The summed E-state index contributed by atoms with van der Waals surface area (Å²) in [6, 6.07) is -1.14. The smallest absolute Gasteiger partial charge is 0.303 e. The van der Waals surface area contributed by atoms with Crippen LogP contribution in [0.3, 0.4) is 0 Å². The molecule has 0 bridgehead atoms. The van der Waals surface area contributed by atoms with Gasteiger partial charge in [0.1, 0.15) is 6.04 Å². The topological polar surface area (TPSA) is 156 Å². The number of hydrogen-bond acceptors (Lipinski definition) is 6. The van der Waals surface area contributed by atoms with E-state index in [1.807, 2.05) is 12.2 Å². The van der Waals surface area contributed by atoms with Gasteiger partial charge in [0, 0.05) is 26.6 Å². The monoisotopic (exact) mass is 457 g/mol. The van der Waals surface area contributed by atoms with Gasteiger partial charge >= 0.3 is 10.2 Å². The molecule has 1 saturated heterocycles. The van der Waals surface area contributed by atoms with E-state index in [0.717, 1.165) is 36.4 Å². The van der Waals surface area contributed by atoms with Crippen LogP contribution in [0.2, 0.25) is 0 Å². The lowest BCUT2D eigenvalue weighted by atomic mass is 10.1. The SMILES string of the molecule is CN(C)S(=O)(=O)NC(=O)[C@H]1C[C@H]1/C=C\CCCCC[C@H](N)C(=O)N1CCC[C@H]1C(N)=O. The highest BCUT2D eigenvalue weighted by atomic mass is 32.2. The average Bonchev–Trinajstić information content (AvgIpc) is 3.29. The molecule has 11 heteroatoms. The molecule has 2 rings (SSSR count). The minimum Gasteiger partial charge on any atom is -0.368 e. The van der Waals surface area contributed by atoms with Crippen LogP contribution >= 0.6 is 0 Å². The Hall–Kier alpha value is -1.98. The quantitative estimate of drug-likeness (QED) is 0.273. The number of nitrogens with two attached hydrogens (primary N) is 2. The normalized spacial score (nSPS) is 24.5. The van der Waals surface area contributed by atoms with Gasteiger partial charge in [0.2, 0.25) is 17.7 Å². The van der Waals surface area contributed by atoms with Crippen LogP contribution in [0.15, 0.2) is 12.2 Å². The molecule has 10 nitrogen and oxygen atoms in total. The van der Waals surface area contributed by atoms with Gasteiger partial charge in [-0.2, -0.15) is 12.7 Å². The fourth-order valence-corrected chi connectivity index (χ4v) is 4.35. The third-order valence-corrected chi connectivity index (χ3v) is 7.26. The Labute approximate surface area is 184 Å². The van der Waals surface area contributed by atoms with Gasteiger partial charge < -0.3 is 16.4 Å². The number of carbonyl (C=O) groups is 3. The van der Waals surface area contributed by atoms with Gasteiger partial charge in [-0.25, -0.2) is 4.72 Å². The molecule has 0 aromatic heterocycles. The highest BCUT2D eigenvalue weighted by Gasteiger charge is 2.42. The molecule has 2 fully saturated rings. The Bertz CT molecular complexity index is 798. The summed E-state index contributed by atoms with van der Waals surface area (Å²) in [5, 5.41) is 0. The summed E-state index contributed by atoms with van der Waals surface area (Å²) in [5.41, 5.74) is 11.4. The van der Waals surface area contributed by atoms with Gasteiger partial charge in [0.05, 0.1) is 6.04 Å². The summed E-state index contributed by atoms with van der Waals surface area (Å²) < 4.78 is 26.4. The molecule has 1 heterocycles. The van der Waals surface area contributed by atoms with E-state index in [-0.39, 0.29) is 17.7 Å². The van der Waals surface area contributed by atoms with Gasteiger partial charge in [-0.1, -0.05) is 25.0 Å². The van der Waals surface area contributed by atoms with Crippen molar-refractivity contribution in [2.24, 2.45) is 23.3 Å². The molecule has 0 spiro atoms. The van der Waals surface area contributed by atoms with E-state index in [1.165, 1.54) is 19.0 Å². The number of primary amides is 1. The lowest BCUT2D eigenvalue weighted by Gasteiger charge is -2.25. The van der Waals surface area contributed by atoms with Crippen LogP contribution < -0.4 is 16.2 Å². The standard InChI is InChI=1S/C20H35N5O5S/c1-24(2)31(29,30)23-19(27)15-13-14(15)9-6-4-3-5-7-10-16(21)20(28)25-12-8-11-17(25)18(22)26/h6,9,14-17H,3-5,7-8,10-13,21H2,1-2H3,(H2,22,26)(H,23,27)/b9-6-/t14-,15+,16+,17+/m1/s1. The van der Waals surface area contributed by atoms with Crippen LogP contribution in [0.5, 0.6) is 0 Å². The van der Waals surface area contributed by atoms with Gasteiger partial charge in [0.25, 0.3) is 0 Å². The zero-order valence-electron chi connectivity index (χ0n) is 18.3. The number of nitrogens with zero attached hydrogens (tertiary/aromatic N) is 2. The Balaban J connectivity index is 1.58. The first-order valence-corrected chi connectivity index (χ1v) is 12.2. The predicted octanol–water partition coefficient (Wildman–Crippen LogP) is -0.145. The Morgan fingerprint density at radius 3 is 2.58 bits per heavy atom. The summed E-state index contributed by atoms with van der Waals surface area (Å²) in [6.07, 6.45) is 10.1. The second kappa shape index (κ2) is 11.1. The molecule has 0 aromatic carbocycles. The maximum absolute atomic E-state index is 12.4. The minimum absolute atomic E-state index is 0.0852. The number of nitrogens with one attached hydrogen (secondary N) is 1. The zero-order valence-corrected chi connectivity index (χ0v) is 19.1. The number of amides is 3. The van der Waals surface area contributed by atoms with Gasteiger partial charge in [-0.05, 0) is 44.4 Å². The predicted molar refractivity (Wildman–Crippen MR) is 116 cm³/mol. The molecule has 0 aromatic rings. The third kappa shape index (κ3) is 7.29. The van der Waals surface area contributed by atoms with E-state index in [2.05, 4.69) is 4.72 Å². The van der Waals surface area contributed by atoms with Gasteiger partial charge in [0.15, 0.2) is 0 Å². The number of hydrogen-bond donors (Lipinski definition) is 3. The molecule has 0 radical (unpaired) electrons. The summed E-state index contributed by atoms with van der Waals surface area (Å²) in [5.74, 6) is -1.33. The van der Waals surface area contributed by atoms with E-state index < -0.39 is 34.1 Å². The van der Waals surface area contributed by atoms with Crippen molar-refractivity contribution in [1.82, 2.24) is 13.9 Å². The first-order valence-electron chi connectivity index (χ1n) is 10.8. The summed E-state index contributed by atoms with van der Waals surface area (Å²) in [6.45, 7) is 0.534. The summed E-state index contributed by atoms with van der Waals surface area (Å²) >= 11 is 0. The van der Waals surface area contributed by atoms with E-state index in [9.17, 15) is 22.8 Å². The molecule has 5 N–H and O–H groups in total. The molecular formula is C20H35N5O5S. The van der Waals surface area contributed by atoms with Crippen LogP contribution in [-0.2, 0) is 24.6 Å². The van der Waals surface area contributed by atoms with Gasteiger partial charge in [-0.15, -0.1) is 0 Å². The number of allylic oxidation sites excluding steroid dienone is 2. The van der Waals surface area contributed by atoms with Crippen molar-refractivity contribution in [2.75, 3.05) is 20.6 Å². The Morgan fingerprint density at radius 1 is 1.23 bits per heavy atom. The summed E-state index contributed by atoms with van der Waals surface area (Å²) in [4.78, 5) is 37.3. The molecule has 1 aliphatic carbocycles. The molecule has 1 saturated carbocycles. The molecule has 3 amide bonds. The van der Waals surface area contributed by atoms with Gasteiger partial charge in [-0.3, -0.25) is 14.4 Å². The van der Waals surface area contributed by atoms with Crippen molar-refractivity contribution in [2.45, 2.75) is 63.5 Å². The molecule has 176 valence electrons.